The molecule has 8 nitrogen and oxygen atoms in total. The molecule has 2 aliphatic carbocycles. The average Bonchev–Trinajstić information content (AvgIpc) is 3.52. The number of rotatable bonds is 8. The van der Waals surface area contributed by atoms with Gasteiger partial charge in [0, 0.05) is 12.1 Å². The van der Waals surface area contributed by atoms with Gasteiger partial charge in [-0.3, -0.25) is 9.59 Å². The fourth-order valence-electron chi connectivity index (χ4n) is 4.99. The molecule has 0 bridgehead atoms. The van der Waals surface area contributed by atoms with Crippen LogP contribution in [0, 0.1) is 19.8 Å². The van der Waals surface area contributed by atoms with Crippen LogP contribution in [-0.4, -0.2) is 58.2 Å². The minimum atomic E-state index is -1.22. The molecule has 4 unspecified atom stereocenters. The lowest BCUT2D eigenvalue weighted by atomic mass is 9.93. The van der Waals surface area contributed by atoms with Crippen LogP contribution in [0.15, 0.2) is 18.2 Å². The number of aliphatic hydroxyl groups excluding tert-OH is 1. The van der Waals surface area contributed by atoms with Gasteiger partial charge in [-0.2, -0.15) is 0 Å². The second-order valence-electron chi connectivity index (χ2n) is 11.5. The third kappa shape index (κ3) is 7.21. The first-order valence-electron chi connectivity index (χ1n) is 13.2. The summed E-state index contributed by atoms with van der Waals surface area (Å²) in [6.45, 7) is 10.5. The Morgan fingerprint density at radius 3 is 2.33 bits per heavy atom. The maximum absolute atomic E-state index is 13.9. The Morgan fingerprint density at radius 1 is 1.14 bits per heavy atom. The summed E-state index contributed by atoms with van der Waals surface area (Å²) < 4.78 is 5.31. The molecule has 3 N–H and O–H groups in total. The van der Waals surface area contributed by atoms with Crippen molar-refractivity contribution >= 4 is 17.9 Å². The van der Waals surface area contributed by atoms with Crippen molar-refractivity contribution in [3.63, 3.8) is 0 Å². The molecule has 2 saturated carbocycles. The summed E-state index contributed by atoms with van der Waals surface area (Å²) in [5.74, 6) is -0.482. The minimum Gasteiger partial charge on any atom is -0.444 e. The van der Waals surface area contributed by atoms with Crippen LogP contribution in [0.25, 0.3) is 0 Å². The quantitative estimate of drug-likeness (QED) is 0.500. The maximum Gasteiger partial charge on any atom is 0.408 e. The third-order valence-electron chi connectivity index (χ3n) is 7.06. The zero-order valence-electron chi connectivity index (χ0n) is 22.6. The van der Waals surface area contributed by atoms with Crippen molar-refractivity contribution in [3.05, 3.63) is 34.9 Å². The Morgan fingerprint density at radius 2 is 1.78 bits per heavy atom. The molecule has 0 aromatic heterocycles. The standard InChI is InChI=1S/C28H43N3O5/c1-17-12-13-18(2)21(14-17)24(25(33)29-20-10-8-7-9-11-20)31(23-15-19(23)3)26(34)22(16-32)30-27(35)36-28(4,5)6/h12-14,19-20,22-24,32H,7-11,15-16H2,1-6H3,(H,29,33)(H,30,35). The van der Waals surface area contributed by atoms with Crippen molar-refractivity contribution in [2.24, 2.45) is 5.92 Å². The highest BCUT2D eigenvalue weighted by atomic mass is 16.6. The molecule has 2 aliphatic rings. The Bertz CT molecular complexity index is 951. The number of alkyl carbamates (subject to hydrolysis) is 1. The van der Waals surface area contributed by atoms with E-state index in [0.29, 0.717) is 0 Å². The largest absolute Gasteiger partial charge is 0.444 e. The normalized spacial score (nSPS) is 21.8. The van der Waals surface area contributed by atoms with Gasteiger partial charge in [0.15, 0.2) is 0 Å². The summed E-state index contributed by atoms with van der Waals surface area (Å²) in [7, 11) is 0. The predicted octanol–water partition coefficient (Wildman–Crippen LogP) is 3.92. The summed E-state index contributed by atoms with van der Waals surface area (Å²) in [6.07, 6.45) is 5.16. The zero-order valence-corrected chi connectivity index (χ0v) is 22.6. The molecule has 0 aliphatic heterocycles. The Kier molecular flexibility index (Phi) is 9.03. The van der Waals surface area contributed by atoms with E-state index in [2.05, 4.69) is 10.6 Å². The molecule has 200 valence electrons. The van der Waals surface area contributed by atoms with Crippen LogP contribution in [0.4, 0.5) is 4.79 Å². The molecule has 0 radical (unpaired) electrons. The molecular weight excluding hydrogens is 458 g/mol. The van der Waals surface area contributed by atoms with Gasteiger partial charge in [-0.1, -0.05) is 49.9 Å². The number of carbonyl (C=O) groups excluding carboxylic acids is 3. The number of ether oxygens (including phenoxy) is 1. The number of hydrogen-bond donors (Lipinski definition) is 3. The maximum atomic E-state index is 13.9. The Balaban J connectivity index is 1.96. The molecule has 0 saturated heterocycles. The number of benzene rings is 1. The molecule has 3 rings (SSSR count). The highest BCUT2D eigenvalue weighted by molar-refractivity contribution is 5.93. The van der Waals surface area contributed by atoms with Crippen LogP contribution in [0.1, 0.15) is 89.0 Å². The van der Waals surface area contributed by atoms with Gasteiger partial charge >= 0.3 is 6.09 Å². The third-order valence-corrected chi connectivity index (χ3v) is 7.06. The van der Waals surface area contributed by atoms with E-state index in [1.165, 1.54) is 6.42 Å². The van der Waals surface area contributed by atoms with Gasteiger partial charge in [-0.05, 0) is 70.9 Å². The summed E-state index contributed by atoms with van der Waals surface area (Å²) >= 11 is 0. The first-order chi connectivity index (χ1) is 16.9. The first kappa shape index (κ1) is 28.0. The Hall–Kier alpha value is -2.61. The van der Waals surface area contributed by atoms with Crippen molar-refractivity contribution in [1.82, 2.24) is 15.5 Å². The van der Waals surface area contributed by atoms with Gasteiger partial charge < -0.3 is 25.4 Å². The fourth-order valence-corrected chi connectivity index (χ4v) is 4.99. The van der Waals surface area contributed by atoms with Gasteiger partial charge in [-0.25, -0.2) is 4.79 Å². The fraction of sp³-hybridized carbons (Fsp3) is 0.679. The lowest BCUT2D eigenvalue weighted by Crippen LogP contribution is -2.56. The second kappa shape index (κ2) is 11.6. The monoisotopic (exact) mass is 501 g/mol. The van der Waals surface area contributed by atoms with E-state index in [9.17, 15) is 19.5 Å². The highest BCUT2D eigenvalue weighted by Crippen LogP contribution is 2.41. The van der Waals surface area contributed by atoms with E-state index >= 15 is 0 Å². The minimum absolute atomic E-state index is 0.0842. The van der Waals surface area contributed by atoms with E-state index in [1.54, 1.807) is 25.7 Å². The van der Waals surface area contributed by atoms with Crippen LogP contribution in [-0.2, 0) is 14.3 Å². The predicted molar refractivity (Wildman–Crippen MR) is 138 cm³/mol. The molecule has 2 fully saturated rings. The van der Waals surface area contributed by atoms with Gasteiger partial charge in [0.25, 0.3) is 0 Å². The molecule has 3 amide bonds. The summed E-state index contributed by atoms with van der Waals surface area (Å²) in [4.78, 5) is 41.9. The average molecular weight is 502 g/mol. The van der Waals surface area contributed by atoms with E-state index < -0.39 is 36.3 Å². The van der Waals surface area contributed by atoms with Crippen LogP contribution in [0.2, 0.25) is 0 Å². The number of carbonyl (C=O) groups is 3. The van der Waals surface area contributed by atoms with E-state index in [1.807, 2.05) is 39.0 Å². The molecule has 0 heterocycles. The Labute approximate surface area is 215 Å². The molecule has 1 aromatic carbocycles. The van der Waals surface area contributed by atoms with E-state index in [0.717, 1.165) is 48.8 Å². The molecular formula is C28H43N3O5. The van der Waals surface area contributed by atoms with Crippen LogP contribution in [0.5, 0.6) is 0 Å². The number of aliphatic hydroxyl groups is 1. The summed E-state index contributed by atoms with van der Waals surface area (Å²) in [5.41, 5.74) is 1.92. The molecule has 1 aromatic rings. The molecule has 4 atom stereocenters. The van der Waals surface area contributed by atoms with Gasteiger partial charge in [-0.15, -0.1) is 0 Å². The van der Waals surface area contributed by atoms with Gasteiger partial charge in [0.05, 0.1) is 6.61 Å². The highest BCUT2D eigenvalue weighted by Gasteiger charge is 2.48. The smallest absolute Gasteiger partial charge is 0.408 e. The second-order valence-corrected chi connectivity index (χ2v) is 11.5. The van der Waals surface area contributed by atoms with E-state index in [-0.39, 0.29) is 23.9 Å². The van der Waals surface area contributed by atoms with Crippen LogP contribution < -0.4 is 10.6 Å². The van der Waals surface area contributed by atoms with Crippen LogP contribution >= 0.6 is 0 Å². The lowest BCUT2D eigenvalue weighted by molar-refractivity contribution is -0.144. The molecule has 0 spiro atoms. The van der Waals surface area contributed by atoms with Gasteiger partial charge in [0.2, 0.25) is 11.8 Å². The van der Waals surface area contributed by atoms with Crippen molar-refractivity contribution in [2.75, 3.05) is 6.61 Å². The van der Waals surface area contributed by atoms with Crippen molar-refractivity contribution in [3.8, 4) is 0 Å². The first-order valence-corrected chi connectivity index (χ1v) is 13.2. The number of aryl methyl sites for hydroxylation is 2. The number of nitrogens with zero attached hydrogens (tertiary/aromatic N) is 1. The number of amides is 3. The zero-order chi connectivity index (χ0) is 26.6. The van der Waals surface area contributed by atoms with E-state index in [4.69, 9.17) is 4.74 Å². The number of nitrogens with one attached hydrogen (secondary N) is 2. The SMILES string of the molecule is Cc1ccc(C)c(C(C(=O)NC2CCCCC2)N(C(=O)C(CO)NC(=O)OC(C)(C)C)C2CC2C)c1. The van der Waals surface area contributed by atoms with Gasteiger partial charge in [0.1, 0.15) is 17.7 Å². The summed E-state index contributed by atoms with van der Waals surface area (Å²) in [6, 6.07) is 3.76. The van der Waals surface area contributed by atoms with Crippen molar-refractivity contribution in [2.45, 2.75) is 110 Å². The van der Waals surface area contributed by atoms with Crippen molar-refractivity contribution < 1.29 is 24.2 Å². The number of hydrogen-bond acceptors (Lipinski definition) is 5. The van der Waals surface area contributed by atoms with Crippen LogP contribution in [0.3, 0.4) is 0 Å². The molecule has 8 heteroatoms. The lowest BCUT2D eigenvalue weighted by Gasteiger charge is -2.36. The van der Waals surface area contributed by atoms with Crippen molar-refractivity contribution in [1.29, 1.82) is 0 Å². The molecule has 36 heavy (non-hydrogen) atoms. The topological polar surface area (TPSA) is 108 Å². The summed E-state index contributed by atoms with van der Waals surface area (Å²) in [5, 5.41) is 15.8.